The molecule has 20 heavy (non-hydrogen) atoms. The van der Waals surface area contributed by atoms with Crippen LogP contribution in [0.25, 0.3) is 0 Å². The van der Waals surface area contributed by atoms with E-state index in [-0.39, 0.29) is 11.8 Å². The van der Waals surface area contributed by atoms with Crippen LogP contribution in [-0.2, 0) is 16.1 Å². The van der Waals surface area contributed by atoms with Gasteiger partial charge in [-0.2, -0.15) is 5.10 Å². The molecule has 0 saturated carbocycles. The molecule has 0 aromatic carbocycles. The smallest absolute Gasteiger partial charge is 0.224 e. The summed E-state index contributed by atoms with van der Waals surface area (Å²) in [6.45, 7) is 7.25. The van der Waals surface area contributed by atoms with Crippen molar-refractivity contribution in [2.24, 2.45) is 5.92 Å². The standard InChI is InChI=1S/C13H21ClN4O2/c1-11(9-17-4-6-20-7-5-17)13(19)15-2-3-18-10-12(14)8-16-18/h8,10-11H,2-7,9H2,1H3,(H,15,19)/t11-/m0/s1. The molecular weight excluding hydrogens is 280 g/mol. The third-order valence-corrected chi connectivity index (χ3v) is 3.52. The largest absolute Gasteiger partial charge is 0.379 e. The lowest BCUT2D eigenvalue weighted by molar-refractivity contribution is -0.125. The van der Waals surface area contributed by atoms with Crippen molar-refractivity contribution in [3.8, 4) is 0 Å². The number of rotatable bonds is 6. The van der Waals surface area contributed by atoms with E-state index in [2.05, 4.69) is 15.3 Å². The van der Waals surface area contributed by atoms with Gasteiger partial charge in [-0.3, -0.25) is 14.4 Å². The molecule has 1 fully saturated rings. The molecule has 1 saturated heterocycles. The van der Waals surface area contributed by atoms with E-state index >= 15 is 0 Å². The maximum atomic E-state index is 12.0. The third kappa shape index (κ3) is 4.77. The Labute approximate surface area is 124 Å². The molecule has 112 valence electrons. The molecule has 1 atom stereocenters. The van der Waals surface area contributed by atoms with E-state index in [1.807, 2.05) is 6.92 Å². The van der Waals surface area contributed by atoms with E-state index in [1.54, 1.807) is 17.1 Å². The summed E-state index contributed by atoms with van der Waals surface area (Å²) in [7, 11) is 0. The van der Waals surface area contributed by atoms with Gasteiger partial charge in [0, 0.05) is 38.3 Å². The van der Waals surface area contributed by atoms with Gasteiger partial charge in [-0.15, -0.1) is 0 Å². The van der Waals surface area contributed by atoms with Gasteiger partial charge in [-0.05, 0) is 0 Å². The molecule has 1 aliphatic rings. The second-order valence-corrected chi connectivity index (χ2v) is 5.46. The molecule has 0 unspecified atom stereocenters. The quantitative estimate of drug-likeness (QED) is 0.837. The molecule has 1 N–H and O–H groups in total. The van der Waals surface area contributed by atoms with Crippen molar-refractivity contribution in [2.75, 3.05) is 39.4 Å². The molecule has 0 spiro atoms. The second kappa shape index (κ2) is 7.61. The fourth-order valence-electron chi connectivity index (χ4n) is 2.18. The lowest BCUT2D eigenvalue weighted by Gasteiger charge is -2.28. The number of carbonyl (C=O) groups is 1. The van der Waals surface area contributed by atoms with Crippen molar-refractivity contribution in [1.82, 2.24) is 20.0 Å². The van der Waals surface area contributed by atoms with Crippen molar-refractivity contribution < 1.29 is 9.53 Å². The van der Waals surface area contributed by atoms with Crippen molar-refractivity contribution in [2.45, 2.75) is 13.5 Å². The van der Waals surface area contributed by atoms with Crippen LogP contribution in [0.1, 0.15) is 6.92 Å². The summed E-state index contributed by atoms with van der Waals surface area (Å²) in [5.41, 5.74) is 0. The van der Waals surface area contributed by atoms with E-state index in [0.717, 1.165) is 32.8 Å². The minimum atomic E-state index is -0.0192. The van der Waals surface area contributed by atoms with Crippen LogP contribution >= 0.6 is 11.6 Å². The number of halogens is 1. The molecule has 0 radical (unpaired) electrons. The highest BCUT2D eigenvalue weighted by molar-refractivity contribution is 6.30. The van der Waals surface area contributed by atoms with Gasteiger partial charge < -0.3 is 10.1 Å². The Morgan fingerprint density at radius 3 is 2.95 bits per heavy atom. The third-order valence-electron chi connectivity index (χ3n) is 3.33. The molecule has 1 aromatic rings. The summed E-state index contributed by atoms with van der Waals surface area (Å²) in [5, 5.41) is 7.60. The first-order chi connectivity index (χ1) is 9.65. The van der Waals surface area contributed by atoms with E-state index in [4.69, 9.17) is 16.3 Å². The van der Waals surface area contributed by atoms with Crippen LogP contribution in [0.5, 0.6) is 0 Å². The van der Waals surface area contributed by atoms with Crippen molar-refractivity contribution in [1.29, 1.82) is 0 Å². The minimum absolute atomic E-state index is 0.0192. The van der Waals surface area contributed by atoms with Crippen molar-refractivity contribution in [3.05, 3.63) is 17.4 Å². The fraction of sp³-hybridized carbons (Fsp3) is 0.692. The highest BCUT2D eigenvalue weighted by atomic mass is 35.5. The average Bonchev–Trinajstić information content (AvgIpc) is 2.85. The number of hydrogen-bond acceptors (Lipinski definition) is 4. The van der Waals surface area contributed by atoms with Gasteiger partial charge >= 0.3 is 0 Å². The zero-order valence-electron chi connectivity index (χ0n) is 11.7. The maximum Gasteiger partial charge on any atom is 0.224 e. The monoisotopic (exact) mass is 300 g/mol. The Kier molecular flexibility index (Phi) is 5.82. The van der Waals surface area contributed by atoms with E-state index in [0.29, 0.717) is 18.1 Å². The highest BCUT2D eigenvalue weighted by Crippen LogP contribution is 2.05. The van der Waals surface area contributed by atoms with Crippen molar-refractivity contribution in [3.63, 3.8) is 0 Å². The second-order valence-electron chi connectivity index (χ2n) is 5.03. The van der Waals surface area contributed by atoms with Gasteiger partial charge in [0.2, 0.25) is 5.91 Å². The number of nitrogens with one attached hydrogen (secondary N) is 1. The molecular formula is C13H21ClN4O2. The summed E-state index contributed by atoms with van der Waals surface area (Å²) in [4.78, 5) is 14.3. The first-order valence-corrected chi connectivity index (χ1v) is 7.28. The molecule has 0 aliphatic carbocycles. The molecule has 6 nitrogen and oxygen atoms in total. The number of amides is 1. The lowest BCUT2D eigenvalue weighted by Crippen LogP contribution is -2.43. The predicted octanol–water partition coefficient (Wildman–Crippen LogP) is 0.621. The Morgan fingerprint density at radius 2 is 2.30 bits per heavy atom. The molecule has 2 heterocycles. The SMILES string of the molecule is C[C@@H](CN1CCOCC1)C(=O)NCCn1cc(Cl)cn1. The zero-order valence-corrected chi connectivity index (χ0v) is 12.5. The van der Waals surface area contributed by atoms with Crippen LogP contribution in [0.15, 0.2) is 12.4 Å². The number of carbonyl (C=O) groups excluding carboxylic acids is 1. The number of aromatic nitrogens is 2. The Bertz CT molecular complexity index is 432. The molecule has 1 aromatic heterocycles. The van der Waals surface area contributed by atoms with Gasteiger partial charge in [0.05, 0.1) is 31.0 Å². The van der Waals surface area contributed by atoms with Gasteiger partial charge in [0.15, 0.2) is 0 Å². The first kappa shape index (κ1) is 15.3. The van der Waals surface area contributed by atoms with Crippen LogP contribution in [0, 0.1) is 5.92 Å². The minimum Gasteiger partial charge on any atom is -0.379 e. The van der Waals surface area contributed by atoms with E-state index < -0.39 is 0 Å². The summed E-state index contributed by atoms with van der Waals surface area (Å²) < 4.78 is 7.01. The highest BCUT2D eigenvalue weighted by Gasteiger charge is 2.18. The van der Waals surface area contributed by atoms with Crippen LogP contribution in [-0.4, -0.2) is 60.0 Å². The van der Waals surface area contributed by atoms with Gasteiger partial charge in [-0.1, -0.05) is 18.5 Å². The van der Waals surface area contributed by atoms with Gasteiger partial charge in [0.1, 0.15) is 0 Å². The van der Waals surface area contributed by atoms with Crippen LogP contribution < -0.4 is 5.32 Å². The molecule has 1 amide bonds. The van der Waals surface area contributed by atoms with Crippen LogP contribution in [0.4, 0.5) is 0 Å². The van der Waals surface area contributed by atoms with Gasteiger partial charge in [-0.25, -0.2) is 0 Å². The molecule has 0 bridgehead atoms. The molecule has 1 aliphatic heterocycles. The maximum absolute atomic E-state index is 12.0. The average molecular weight is 301 g/mol. The fourth-order valence-corrected chi connectivity index (χ4v) is 2.34. The summed E-state index contributed by atoms with van der Waals surface area (Å²) in [6, 6.07) is 0. The van der Waals surface area contributed by atoms with Crippen LogP contribution in [0.2, 0.25) is 5.02 Å². The van der Waals surface area contributed by atoms with E-state index in [9.17, 15) is 4.79 Å². The summed E-state index contributed by atoms with van der Waals surface area (Å²) >= 11 is 5.77. The Hall–Kier alpha value is -1.11. The Balaban J connectivity index is 1.65. The molecule has 7 heteroatoms. The number of ether oxygens (including phenoxy) is 1. The zero-order chi connectivity index (χ0) is 14.4. The number of hydrogen-bond donors (Lipinski definition) is 1. The first-order valence-electron chi connectivity index (χ1n) is 6.91. The molecule has 2 rings (SSSR count). The topological polar surface area (TPSA) is 59.4 Å². The number of morpholine rings is 1. The predicted molar refractivity (Wildman–Crippen MR) is 76.7 cm³/mol. The summed E-state index contributed by atoms with van der Waals surface area (Å²) in [6.07, 6.45) is 3.33. The van der Waals surface area contributed by atoms with E-state index in [1.165, 1.54) is 0 Å². The Morgan fingerprint density at radius 1 is 1.55 bits per heavy atom. The lowest BCUT2D eigenvalue weighted by atomic mass is 10.1. The normalized spacial score (nSPS) is 17.9. The van der Waals surface area contributed by atoms with Crippen LogP contribution in [0.3, 0.4) is 0 Å². The number of nitrogens with zero attached hydrogens (tertiary/aromatic N) is 3. The summed E-state index contributed by atoms with van der Waals surface area (Å²) in [5.74, 6) is 0.0593. The van der Waals surface area contributed by atoms with Crippen molar-refractivity contribution >= 4 is 17.5 Å². The van der Waals surface area contributed by atoms with Gasteiger partial charge in [0.25, 0.3) is 0 Å².